The first-order valence-electron chi connectivity index (χ1n) is 6.33. The monoisotopic (exact) mass is 248 g/mol. The quantitative estimate of drug-likeness (QED) is 0.488. The van der Waals surface area contributed by atoms with E-state index in [0.717, 1.165) is 6.42 Å². The molecule has 1 heterocycles. The molecule has 0 aromatic heterocycles. The molecule has 96 valence electrons. The highest BCUT2D eigenvalue weighted by molar-refractivity contribution is 6.06. The van der Waals surface area contributed by atoms with E-state index in [4.69, 9.17) is 0 Å². The van der Waals surface area contributed by atoms with Crippen molar-refractivity contribution in [3.63, 3.8) is 0 Å². The fourth-order valence-corrected chi connectivity index (χ4v) is 3.57. The van der Waals surface area contributed by atoms with Gasteiger partial charge in [0.05, 0.1) is 11.8 Å². The van der Waals surface area contributed by atoms with E-state index in [1.807, 2.05) is 12.2 Å². The average Bonchev–Trinajstić information content (AvgIpc) is 2.97. The fourth-order valence-electron chi connectivity index (χ4n) is 3.57. The molecular weight excluding hydrogens is 234 g/mol. The largest absolute Gasteiger partial charge is 0.550 e. The number of aliphatic carboxylic acids is 1. The number of carbonyl (C=O) groups is 3. The molecule has 0 aromatic rings. The van der Waals surface area contributed by atoms with Crippen LogP contribution in [0.1, 0.15) is 19.3 Å². The number of fused-ring (bicyclic) bond motifs is 5. The zero-order chi connectivity index (χ0) is 12.9. The highest BCUT2D eigenvalue weighted by atomic mass is 16.4. The van der Waals surface area contributed by atoms with Gasteiger partial charge in [0.15, 0.2) is 0 Å². The molecule has 2 amide bonds. The molecule has 1 aliphatic heterocycles. The summed E-state index contributed by atoms with van der Waals surface area (Å²) in [5.74, 6) is -1.31. The Hall–Kier alpha value is -1.65. The minimum absolute atomic E-state index is 0.111. The highest BCUT2D eigenvalue weighted by Gasteiger charge is 2.58. The number of hydrogen-bond donors (Lipinski definition) is 0. The maximum absolute atomic E-state index is 12.2. The summed E-state index contributed by atoms with van der Waals surface area (Å²) in [5.41, 5.74) is 0. The first-order valence-corrected chi connectivity index (χ1v) is 6.33. The molecule has 0 N–H and O–H groups in total. The third-order valence-corrected chi connectivity index (χ3v) is 4.32. The molecule has 2 aliphatic carbocycles. The predicted octanol–water partition coefficient (Wildman–Crippen LogP) is -0.676. The molecule has 0 unspecified atom stereocenters. The SMILES string of the molecule is O=C([O-])CCCN1C(=O)[C@H]2[C@H](C1=O)[C@H]1C=C[C@@H]2C1. The van der Waals surface area contributed by atoms with E-state index in [0.29, 0.717) is 0 Å². The highest BCUT2D eigenvalue weighted by Crippen LogP contribution is 2.52. The van der Waals surface area contributed by atoms with E-state index in [1.54, 1.807) is 0 Å². The average molecular weight is 248 g/mol. The summed E-state index contributed by atoms with van der Waals surface area (Å²) in [6.45, 7) is 0.206. The number of likely N-dealkylation sites (tertiary alicyclic amines) is 1. The van der Waals surface area contributed by atoms with Gasteiger partial charge in [0.2, 0.25) is 11.8 Å². The van der Waals surface area contributed by atoms with Gasteiger partial charge >= 0.3 is 0 Å². The summed E-state index contributed by atoms with van der Waals surface area (Å²) in [7, 11) is 0. The van der Waals surface area contributed by atoms with Crippen molar-refractivity contribution in [1.29, 1.82) is 0 Å². The summed E-state index contributed by atoms with van der Waals surface area (Å²) < 4.78 is 0. The van der Waals surface area contributed by atoms with Crippen LogP contribution in [0.5, 0.6) is 0 Å². The van der Waals surface area contributed by atoms with Gasteiger partial charge in [-0.05, 0) is 31.1 Å². The molecular formula is C13H14NO4-. The van der Waals surface area contributed by atoms with Gasteiger partial charge in [0.1, 0.15) is 0 Å². The van der Waals surface area contributed by atoms with E-state index in [1.165, 1.54) is 4.90 Å². The summed E-state index contributed by atoms with van der Waals surface area (Å²) in [5, 5.41) is 10.3. The zero-order valence-corrected chi connectivity index (χ0v) is 9.87. The summed E-state index contributed by atoms with van der Waals surface area (Å²) in [4.78, 5) is 35.9. The number of imide groups is 1. The van der Waals surface area contributed by atoms with Crippen molar-refractivity contribution in [2.75, 3.05) is 6.54 Å². The van der Waals surface area contributed by atoms with Gasteiger partial charge in [0, 0.05) is 12.5 Å². The minimum Gasteiger partial charge on any atom is -0.550 e. The van der Waals surface area contributed by atoms with Crippen LogP contribution in [0.2, 0.25) is 0 Å². The number of hydrogen-bond acceptors (Lipinski definition) is 4. The van der Waals surface area contributed by atoms with E-state index in [9.17, 15) is 19.5 Å². The van der Waals surface area contributed by atoms with Crippen molar-refractivity contribution < 1.29 is 19.5 Å². The molecule has 1 saturated carbocycles. The van der Waals surface area contributed by atoms with Crippen LogP contribution in [0.4, 0.5) is 0 Å². The second-order valence-corrected chi connectivity index (χ2v) is 5.30. The number of carboxylic acid groups (broad SMARTS) is 1. The summed E-state index contributed by atoms with van der Waals surface area (Å²) in [6.07, 6.45) is 5.17. The Kier molecular flexibility index (Phi) is 2.50. The third kappa shape index (κ3) is 1.50. The lowest BCUT2D eigenvalue weighted by molar-refractivity contribution is -0.305. The van der Waals surface area contributed by atoms with Gasteiger partial charge < -0.3 is 9.90 Å². The summed E-state index contributed by atoms with van der Waals surface area (Å²) in [6, 6.07) is 0. The number of carboxylic acids is 1. The Bertz CT molecular complexity index is 426. The lowest BCUT2D eigenvalue weighted by atomic mass is 9.85. The van der Waals surface area contributed by atoms with Crippen LogP contribution in [0.25, 0.3) is 0 Å². The second kappa shape index (κ2) is 3.93. The van der Waals surface area contributed by atoms with Crippen LogP contribution in [0.15, 0.2) is 12.2 Å². The van der Waals surface area contributed by atoms with Crippen molar-refractivity contribution in [3.8, 4) is 0 Å². The fraction of sp³-hybridized carbons (Fsp3) is 0.615. The van der Waals surface area contributed by atoms with Crippen LogP contribution in [-0.2, 0) is 14.4 Å². The third-order valence-electron chi connectivity index (χ3n) is 4.32. The second-order valence-electron chi connectivity index (χ2n) is 5.30. The molecule has 3 rings (SSSR count). The lowest BCUT2D eigenvalue weighted by Gasteiger charge is -2.17. The first kappa shape index (κ1) is 11.4. The molecule has 1 saturated heterocycles. The van der Waals surface area contributed by atoms with Gasteiger partial charge in [-0.2, -0.15) is 0 Å². The predicted molar refractivity (Wildman–Crippen MR) is 58.7 cm³/mol. The van der Waals surface area contributed by atoms with Gasteiger partial charge in [-0.1, -0.05) is 12.2 Å². The van der Waals surface area contributed by atoms with E-state index >= 15 is 0 Å². The van der Waals surface area contributed by atoms with E-state index < -0.39 is 5.97 Å². The Morgan fingerprint density at radius 3 is 2.28 bits per heavy atom. The molecule has 0 aromatic carbocycles. The van der Waals surface area contributed by atoms with Gasteiger partial charge in [-0.15, -0.1) is 0 Å². The van der Waals surface area contributed by atoms with Crippen molar-refractivity contribution in [2.24, 2.45) is 23.7 Å². The van der Waals surface area contributed by atoms with E-state index in [-0.39, 0.29) is 54.9 Å². The zero-order valence-electron chi connectivity index (χ0n) is 9.87. The van der Waals surface area contributed by atoms with Crippen LogP contribution in [0, 0.1) is 23.7 Å². The van der Waals surface area contributed by atoms with Crippen LogP contribution >= 0.6 is 0 Å². The first-order chi connectivity index (χ1) is 8.59. The molecule has 2 fully saturated rings. The van der Waals surface area contributed by atoms with Crippen molar-refractivity contribution in [1.82, 2.24) is 4.90 Å². The Balaban J connectivity index is 1.70. The summed E-state index contributed by atoms with van der Waals surface area (Å²) >= 11 is 0. The normalized spacial score (nSPS) is 36.6. The van der Waals surface area contributed by atoms with Crippen molar-refractivity contribution in [3.05, 3.63) is 12.2 Å². The van der Waals surface area contributed by atoms with Crippen molar-refractivity contribution >= 4 is 17.8 Å². The minimum atomic E-state index is -1.14. The molecule has 0 radical (unpaired) electrons. The van der Waals surface area contributed by atoms with Gasteiger partial charge in [-0.3, -0.25) is 14.5 Å². The number of allylic oxidation sites excluding steroid dienone is 2. The van der Waals surface area contributed by atoms with Gasteiger partial charge in [0.25, 0.3) is 0 Å². The van der Waals surface area contributed by atoms with Crippen LogP contribution < -0.4 is 5.11 Å². The topological polar surface area (TPSA) is 77.5 Å². The number of rotatable bonds is 4. The van der Waals surface area contributed by atoms with E-state index in [2.05, 4.69) is 0 Å². The maximum Gasteiger partial charge on any atom is 0.233 e. The molecule has 2 bridgehead atoms. The Morgan fingerprint density at radius 1 is 1.22 bits per heavy atom. The maximum atomic E-state index is 12.2. The lowest BCUT2D eigenvalue weighted by Crippen LogP contribution is -2.34. The Morgan fingerprint density at radius 2 is 1.78 bits per heavy atom. The Labute approximate surface area is 104 Å². The standard InChI is InChI=1S/C13H15NO4/c15-9(16)2-1-5-14-12(17)10-7-3-4-8(6-7)11(10)13(14)18/h3-4,7-8,10-11H,1-2,5-6H2,(H,15,16)/p-1/t7-,8+,10-,11-/m1/s1. The molecule has 4 atom stereocenters. The number of nitrogens with zero attached hydrogens (tertiary/aromatic N) is 1. The van der Waals surface area contributed by atoms with Crippen LogP contribution in [-0.4, -0.2) is 29.2 Å². The molecule has 3 aliphatic rings. The smallest absolute Gasteiger partial charge is 0.233 e. The molecule has 5 heteroatoms. The number of carbonyl (C=O) groups excluding carboxylic acids is 3. The van der Waals surface area contributed by atoms with Crippen LogP contribution in [0.3, 0.4) is 0 Å². The van der Waals surface area contributed by atoms with Gasteiger partial charge in [-0.25, -0.2) is 0 Å². The van der Waals surface area contributed by atoms with Crippen molar-refractivity contribution in [2.45, 2.75) is 19.3 Å². The number of amides is 2. The molecule has 5 nitrogen and oxygen atoms in total. The molecule has 18 heavy (non-hydrogen) atoms. The molecule has 0 spiro atoms.